The first-order chi connectivity index (χ1) is 12.1. The van der Waals surface area contributed by atoms with Crippen LogP contribution in [-0.2, 0) is 11.2 Å². The molecule has 2 saturated heterocycles. The maximum Gasteiger partial charge on any atom is 0.272 e. The molecule has 0 spiro atoms. The van der Waals surface area contributed by atoms with Gasteiger partial charge in [-0.25, -0.2) is 0 Å². The van der Waals surface area contributed by atoms with Crippen molar-refractivity contribution in [1.29, 1.82) is 0 Å². The van der Waals surface area contributed by atoms with Gasteiger partial charge in [0.2, 0.25) is 5.91 Å². The molecule has 3 heterocycles. The first-order valence-electron chi connectivity index (χ1n) is 9.43. The number of piperidine rings is 1. The minimum absolute atomic E-state index is 0.0145. The van der Waals surface area contributed by atoms with Crippen molar-refractivity contribution in [3.63, 3.8) is 0 Å². The van der Waals surface area contributed by atoms with Gasteiger partial charge in [0.15, 0.2) is 0 Å². The first kappa shape index (κ1) is 16.6. The number of H-pyrrole nitrogens is 1. The van der Waals surface area contributed by atoms with E-state index in [4.69, 9.17) is 0 Å². The third-order valence-electron chi connectivity index (χ3n) is 6.09. The summed E-state index contributed by atoms with van der Waals surface area (Å²) in [5.41, 5.74) is 1.58. The number of aryl methyl sites for hydroxylation is 1. The van der Waals surface area contributed by atoms with Crippen molar-refractivity contribution in [2.24, 2.45) is 5.92 Å². The van der Waals surface area contributed by atoms with E-state index in [2.05, 4.69) is 20.4 Å². The van der Waals surface area contributed by atoms with Crippen LogP contribution in [0.3, 0.4) is 0 Å². The minimum atomic E-state index is -0.0145. The maximum atomic E-state index is 13.0. The van der Waals surface area contributed by atoms with Gasteiger partial charge in [0.25, 0.3) is 5.91 Å². The monoisotopic (exact) mass is 345 g/mol. The molecule has 4 rings (SSSR count). The second-order valence-electron chi connectivity index (χ2n) is 7.67. The summed E-state index contributed by atoms with van der Waals surface area (Å²) in [7, 11) is 2.00. The largest absolute Gasteiger partial charge is 0.353 e. The number of nitrogens with one attached hydrogen (secondary N) is 2. The fourth-order valence-corrected chi connectivity index (χ4v) is 4.53. The van der Waals surface area contributed by atoms with Gasteiger partial charge in [-0.15, -0.1) is 0 Å². The van der Waals surface area contributed by atoms with Crippen LogP contribution in [0.25, 0.3) is 0 Å². The van der Waals surface area contributed by atoms with Crippen LogP contribution in [-0.4, -0.2) is 70.1 Å². The van der Waals surface area contributed by atoms with Gasteiger partial charge in [0.05, 0.1) is 18.3 Å². The van der Waals surface area contributed by atoms with Crippen LogP contribution in [0.2, 0.25) is 0 Å². The van der Waals surface area contributed by atoms with Crippen molar-refractivity contribution < 1.29 is 9.59 Å². The number of hydrogen-bond acceptors (Lipinski definition) is 4. The Hall–Kier alpha value is -1.89. The molecule has 0 aromatic carbocycles. The lowest BCUT2D eigenvalue weighted by Gasteiger charge is -2.28. The molecule has 136 valence electrons. The SMILES string of the molecule is CCc1cn[nH]c1C(=O)N1[C@H](CNC(=O)[C@H]2CCCN2C)C[C@@H]2C[C@@H]21. The molecule has 7 nitrogen and oxygen atoms in total. The second-order valence-corrected chi connectivity index (χ2v) is 7.67. The summed E-state index contributed by atoms with van der Waals surface area (Å²) in [6.45, 7) is 3.56. The standard InChI is InChI=1S/C18H27N5O2/c1-3-11-9-20-21-16(11)18(25)23-13(7-12-8-15(12)23)10-19-17(24)14-5-4-6-22(14)2/h9,12-15H,3-8,10H2,1-2H3,(H,19,24)(H,20,21)/t12-,13+,14-,15+/m1/s1. The van der Waals surface area contributed by atoms with Crippen LogP contribution in [0.5, 0.6) is 0 Å². The van der Waals surface area contributed by atoms with Crippen LogP contribution in [0.4, 0.5) is 0 Å². The summed E-state index contributed by atoms with van der Waals surface area (Å²) in [6.07, 6.45) is 6.61. The smallest absolute Gasteiger partial charge is 0.272 e. The number of carbonyl (C=O) groups excluding carboxylic acids is 2. The third-order valence-corrected chi connectivity index (χ3v) is 6.09. The molecule has 3 aliphatic rings. The van der Waals surface area contributed by atoms with E-state index in [1.54, 1.807) is 6.20 Å². The van der Waals surface area contributed by atoms with Gasteiger partial charge in [-0.3, -0.25) is 19.6 Å². The number of aromatic nitrogens is 2. The molecule has 4 atom stereocenters. The fraction of sp³-hybridized carbons (Fsp3) is 0.722. The molecule has 7 heteroatoms. The number of amides is 2. The molecule has 1 aliphatic carbocycles. The Labute approximate surface area is 148 Å². The number of hydrogen-bond donors (Lipinski definition) is 2. The average molecular weight is 345 g/mol. The molecule has 3 fully saturated rings. The third kappa shape index (κ3) is 2.94. The predicted octanol–water partition coefficient (Wildman–Crippen LogP) is 0.786. The number of aromatic amines is 1. The van der Waals surface area contributed by atoms with Gasteiger partial charge >= 0.3 is 0 Å². The lowest BCUT2D eigenvalue weighted by atomic mass is 10.1. The minimum Gasteiger partial charge on any atom is -0.353 e. The molecule has 0 bridgehead atoms. The van der Waals surface area contributed by atoms with Crippen molar-refractivity contribution in [2.75, 3.05) is 20.1 Å². The predicted molar refractivity (Wildman–Crippen MR) is 93.1 cm³/mol. The molecule has 2 aliphatic heterocycles. The zero-order valence-corrected chi connectivity index (χ0v) is 15.0. The molecule has 1 saturated carbocycles. The Morgan fingerprint density at radius 1 is 1.40 bits per heavy atom. The van der Waals surface area contributed by atoms with E-state index in [0.717, 1.165) is 44.2 Å². The van der Waals surface area contributed by atoms with Gasteiger partial charge in [0.1, 0.15) is 5.69 Å². The first-order valence-corrected chi connectivity index (χ1v) is 9.43. The van der Waals surface area contributed by atoms with Gasteiger partial charge in [0, 0.05) is 18.2 Å². The van der Waals surface area contributed by atoms with E-state index >= 15 is 0 Å². The van der Waals surface area contributed by atoms with E-state index in [1.807, 2.05) is 18.9 Å². The highest BCUT2D eigenvalue weighted by Crippen LogP contribution is 2.48. The zero-order chi connectivity index (χ0) is 17.6. The Bertz CT molecular complexity index is 672. The van der Waals surface area contributed by atoms with Crippen molar-refractivity contribution in [1.82, 2.24) is 25.3 Å². The number of carbonyl (C=O) groups is 2. The van der Waals surface area contributed by atoms with Gasteiger partial charge < -0.3 is 10.2 Å². The van der Waals surface area contributed by atoms with Crippen molar-refractivity contribution in [3.8, 4) is 0 Å². The Balaban J connectivity index is 1.41. The Kier molecular flexibility index (Phi) is 4.27. The van der Waals surface area contributed by atoms with Gasteiger partial charge in [-0.2, -0.15) is 5.10 Å². The number of likely N-dealkylation sites (tertiary alicyclic amines) is 2. The summed E-state index contributed by atoms with van der Waals surface area (Å²) in [5.74, 6) is 0.744. The number of rotatable bonds is 5. The van der Waals surface area contributed by atoms with Crippen LogP contribution in [0, 0.1) is 5.92 Å². The van der Waals surface area contributed by atoms with Crippen molar-refractivity contribution >= 4 is 11.8 Å². The number of nitrogens with zero attached hydrogens (tertiary/aromatic N) is 3. The number of fused-ring (bicyclic) bond motifs is 1. The highest BCUT2D eigenvalue weighted by Gasteiger charge is 2.54. The zero-order valence-electron chi connectivity index (χ0n) is 15.0. The van der Waals surface area contributed by atoms with Gasteiger partial charge in [-0.1, -0.05) is 6.92 Å². The summed E-state index contributed by atoms with van der Waals surface area (Å²) in [6, 6.07) is 0.427. The normalized spacial score (nSPS) is 31.2. The lowest BCUT2D eigenvalue weighted by molar-refractivity contribution is -0.125. The summed E-state index contributed by atoms with van der Waals surface area (Å²) in [4.78, 5) is 29.6. The van der Waals surface area contributed by atoms with Crippen LogP contribution in [0.1, 0.15) is 48.7 Å². The molecule has 0 unspecified atom stereocenters. The van der Waals surface area contributed by atoms with E-state index in [0.29, 0.717) is 24.2 Å². The topological polar surface area (TPSA) is 81.3 Å². The number of likely N-dealkylation sites (N-methyl/N-ethyl adjacent to an activating group) is 1. The molecule has 2 amide bonds. The van der Waals surface area contributed by atoms with Gasteiger partial charge in [-0.05, 0) is 51.6 Å². The highest BCUT2D eigenvalue weighted by atomic mass is 16.2. The lowest BCUT2D eigenvalue weighted by Crippen LogP contribution is -2.49. The van der Waals surface area contributed by atoms with E-state index < -0.39 is 0 Å². The molecular weight excluding hydrogens is 318 g/mol. The van der Waals surface area contributed by atoms with Crippen LogP contribution < -0.4 is 5.32 Å². The molecule has 1 aromatic heterocycles. The quantitative estimate of drug-likeness (QED) is 0.827. The summed E-state index contributed by atoms with van der Waals surface area (Å²) in [5, 5.41) is 10.0. The second kappa shape index (κ2) is 6.44. The molecule has 25 heavy (non-hydrogen) atoms. The van der Waals surface area contributed by atoms with E-state index in [1.165, 1.54) is 0 Å². The van der Waals surface area contributed by atoms with Crippen molar-refractivity contribution in [3.05, 3.63) is 17.5 Å². The van der Waals surface area contributed by atoms with Crippen molar-refractivity contribution in [2.45, 2.75) is 57.2 Å². The van der Waals surface area contributed by atoms with Crippen LogP contribution >= 0.6 is 0 Å². The maximum absolute atomic E-state index is 13.0. The Morgan fingerprint density at radius 2 is 2.24 bits per heavy atom. The summed E-state index contributed by atoms with van der Waals surface area (Å²) < 4.78 is 0. The molecule has 0 radical (unpaired) electrons. The molecular formula is C18H27N5O2. The Morgan fingerprint density at radius 3 is 2.96 bits per heavy atom. The molecule has 1 aromatic rings. The van der Waals surface area contributed by atoms with E-state index in [9.17, 15) is 9.59 Å². The molecule has 2 N–H and O–H groups in total. The summed E-state index contributed by atoms with van der Waals surface area (Å²) >= 11 is 0. The van der Waals surface area contributed by atoms with Crippen LogP contribution in [0.15, 0.2) is 6.20 Å². The highest BCUT2D eigenvalue weighted by molar-refractivity contribution is 5.94. The fourth-order valence-electron chi connectivity index (χ4n) is 4.53. The van der Waals surface area contributed by atoms with E-state index in [-0.39, 0.29) is 23.9 Å². The average Bonchev–Trinajstić information content (AvgIpc) is 3.00.